The molecule has 4 aromatic rings. The zero-order valence-corrected chi connectivity index (χ0v) is 23.8. The second kappa shape index (κ2) is 14.2. The smallest absolute Gasteiger partial charge is 0.104 e. The normalized spacial score (nSPS) is 25.5. The Morgan fingerprint density at radius 1 is 0.524 bits per heavy atom. The largest absolute Gasteiger partial charge is 0.389 e. The van der Waals surface area contributed by atoms with E-state index in [-0.39, 0.29) is 24.3 Å². The summed E-state index contributed by atoms with van der Waals surface area (Å²) in [4.78, 5) is 2.30. The summed E-state index contributed by atoms with van der Waals surface area (Å²) >= 11 is 0. The third-order valence-electron chi connectivity index (χ3n) is 8.22. The van der Waals surface area contributed by atoms with Gasteiger partial charge in [0.2, 0.25) is 0 Å². The van der Waals surface area contributed by atoms with E-state index in [4.69, 9.17) is 18.9 Å². The molecule has 2 aliphatic rings. The molecular formula is C36H39NO5. The SMILES string of the molecule is OC1CN2[C@@H]([C@@H](OCc3ccccc3)[C@H](OCc3ccccc3)[C@H]2COCc2ccccc2)[C@@H]1OCc1ccccc1. The van der Waals surface area contributed by atoms with Crippen LogP contribution in [0.1, 0.15) is 22.3 Å². The Balaban J connectivity index is 1.25. The molecule has 0 aliphatic carbocycles. The number of hydrogen-bond acceptors (Lipinski definition) is 6. The van der Waals surface area contributed by atoms with Crippen molar-refractivity contribution in [2.24, 2.45) is 0 Å². The van der Waals surface area contributed by atoms with Gasteiger partial charge in [-0.15, -0.1) is 0 Å². The molecule has 0 amide bonds. The molecule has 0 saturated carbocycles. The second-order valence-corrected chi connectivity index (χ2v) is 11.1. The molecular weight excluding hydrogens is 526 g/mol. The summed E-state index contributed by atoms with van der Waals surface area (Å²) < 4.78 is 26.2. The maximum atomic E-state index is 11.3. The standard InChI is InChI=1S/C36H39NO5/c38-32-21-37-31(26-39-22-27-13-5-1-6-14-27)34(40-23-28-15-7-2-8-16-28)36(42-25-30-19-11-4-12-20-30)33(37)35(32)41-24-29-17-9-3-10-18-29/h1-20,31-36,38H,21-26H2/t31-,32?,33-,34-,35-,36-/m1/s1. The summed E-state index contributed by atoms with van der Waals surface area (Å²) in [5, 5.41) is 11.3. The minimum atomic E-state index is -0.645. The van der Waals surface area contributed by atoms with Crippen LogP contribution in [-0.2, 0) is 45.4 Å². The van der Waals surface area contributed by atoms with Gasteiger partial charge in [0.05, 0.1) is 51.2 Å². The van der Waals surface area contributed by atoms with Crippen molar-refractivity contribution < 1.29 is 24.1 Å². The Bertz CT molecular complexity index is 1340. The number of rotatable bonds is 13. The van der Waals surface area contributed by atoms with Gasteiger partial charge in [0.1, 0.15) is 18.3 Å². The molecule has 4 aromatic carbocycles. The van der Waals surface area contributed by atoms with Crippen molar-refractivity contribution in [3.63, 3.8) is 0 Å². The van der Waals surface area contributed by atoms with Crippen LogP contribution < -0.4 is 0 Å². The van der Waals surface area contributed by atoms with E-state index >= 15 is 0 Å². The first-order valence-electron chi connectivity index (χ1n) is 14.8. The van der Waals surface area contributed by atoms with Gasteiger partial charge in [-0.2, -0.15) is 0 Å². The van der Waals surface area contributed by atoms with Crippen molar-refractivity contribution in [1.82, 2.24) is 4.90 Å². The molecule has 2 aliphatic heterocycles. The summed E-state index contributed by atoms with van der Waals surface area (Å²) in [6, 6.07) is 40.4. The molecule has 1 N–H and O–H groups in total. The van der Waals surface area contributed by atoms with Crippen LogP contribution >= 0.6 is 0 Å². The lowest BCUT2D eigenvalue weighted by Gasteiger charge is -2.30. The van der Waals surface area contributed by atoms with E-state index in [0.717, 1.165) is 22.3 Å². The summed E-state index contributed by atoms with van der Waals surface area (Å²) in [5.41, 5.74) is 4.39. The van der Waals surface area contributed by atoms with Gasteiger partial charge < -0.3 is 24.1 Å². The minimum absolute atomic E-state index is 0.108. The van der Waals surface area contributed by atoms with Gasteiger partial charge in [0, 0.05) is 6.54 Å². The lowest BCUT2D eigenvalue weighted by atomic mass is 10.0. The fraction of sp³-hybridized carbons (Fsp3) is 0.333. The lowest BCUT2D eigenvalue weighted by Crippen LogP contribution is -2.46. The summed E-state index contributed by atoms with van der Waals surface area (Å²) in [6.07, 6.45) is -1.66. The topological polar surface area (TPSA) is 60.4 Å². The van der Waals surface area contributed by atoms with Crippen molar-refractivity contribution in [3.8, 4) is 0 Å². The molecule has 0 bridgehead atoms. The summed E-state index contributed by atoms with van der Waals surface area (Å²) in [7, 11) is 0. The predicted molar refractivity (Wildman–Crippen MR) is 161 cm³/mol. The highest BCUT2D eigenvalue weighted by Crippen LogP contribution is 2.39. The Morgan fingerprint density at radius 3 is 1.40 bits per heavy atom. The monoisotopic (exact) mass is 565 g/mol. The third kappa shape index (κ3) is 6.98. The zero-order valence-electron chi connectivity index (χ0n) is 23.8. The predicted octanol–water partition coefficient (Wildman–Crippen LogP) is 5.39. The van der Waals surface area contributed by atoms with Crippen molar-refractivity contribution >= 4 is 0 Å². The van der Waals surface area contributed by atoms with Gasteiger partial charge in [-0.05, 0) is 22.3 Å². The van der Waals surface area contributed by atoms with Crippen molar-refractivity contribution in [3.05, 3.63) is 144 Å². The first-order valence-corrected chi connectivity index (χ1v) is 14.8. The van der Waals surface area contributed by atoms with Gasteiger partial charge in [-0.1, -0.05) is 121 Å². The van der Waals surface area contributed by atoms with Gasteiger partial charge in [0.25, 0.3) is 0 Å². The van der Waals surface area contributed by atoms with Gasteiger partial charge in [0.15, 0.2) is 0 Å². The van der Waals surface area contributed by atoms with Crippen LogP contribution in [0.25, 0.3) is 0 Å². The Labute approximate surface area is 248 Å². The molecule has 0 spiro atoms. The average molecular weight is 566 g/mol. The number of aliphatic hydroxyl groups excluding tert-OH is 1. The third-order valence-corrected chi connectivity index (χ3v) is 8.22. The van der Waals surface area contributed by atoms with Crippen LogP contribution in [0, 0.1) is 0 Å². The fourth-order valence-electron chi connectivity index (χ4n) is 6.16. The average Bonchev–Trinajstić information content (AvgIpc) is 3.51. The summed E-state index contributed by atoms with van der Waals surface area (Å²) in [5.74, 6) is 0. The number of benzene rings is 4. The Kier molecular flexibility index (Phi) is 9.72. The molecule has 42 heavy (non-hydrogen) atoms. The zero-order chi connectivity index (χ0) is 28.6. The Morgan fingerprint density at radius 2 is 0.929 bits per heavy atom. The minimum Gasteiger partial charge on any atom is -0.389 e. The first-order chi connectivity index (χ1) is 20.8. The van der Waals surface area contributed by atoms with E-state index in [9.17, 15) is 5.11 Å². The number of fused-ring (bicyclic) bond motifs is 1. The Hall–Kier alpha value is -3.36. The van der Waals surface area contributed by atoms with Crippen LogP contribution in [0.3, 0.4) is 0 Å². The highest BCUT2D eigenvalue weighted by Gasteiger charge is 2.59. The van der Waals surface area contributed by atoms with Crippen LogP contribution in [-0.4, -0.2) is 59.7 Å². The molecule has 6 nitrogen and oxygen atoms in total. The van der Waals surface area contributed by atoms with Gasteiger partial charge >= 0.3 is 0 Å². The molecule has 6 rings (SSSR count). The highest BCUT2D eigenvalue weighted by atomic mass is 16.6. The molecule has 2 fully saturated rings. The quantitative estimate of drug-likeness (QED) is 0.235. The highest BCUT2D eigenvalue weighted by molar-refractivity contribution is 5.18. The molecule has 2 heterocycles. The van der Waals surface area contributed by atoms with Crippen LogP contribution in [0.5, 0.6) is 0 Å². The molecule has 1 unspecified atom stereocenters. The number of nitrogens with zero attached hydrogens (tertiary/aromatic N) is 1. The van der Waals surface area contributed by atoms with Gasteiger partial charge in [-0.3, -0.25) is 4.90 Å². The van der Waals surface area contributed by atoms with Crippen LogP contribution in [0.15, 0.2) is 121 Å². The van der Waals surface area contributed by atoms with Crippen molar-refractivity contribution in [2.75, 3.05) is 13.2 Å². The maximum Gasteiger partial charge on any atom is 0.104 e. The van der Waals surface area contributed by atoms with Crippen molar-refractivity contribution in [1.29, 1.82) is 0 Å². The molecule has 6 atom stereocenters. The first kappa shape index (κ1) is 28.7. The van der Waals surface area contributed by atoms with E-state index in [1.165, 1.54) is 0 Å². The molecule has 6 heteroatoms. The lowest BCUT2D eigenvalue weighted by molar-refractivity contribution is -0.113. The van der Waals surface area contributed by atoms with Crippen LogP contribution in [0.4, 0.5) is 0 Å². The fourth-order valence-corrected chi connectivity index (χ4v) is 6.16. The molecule has 0 radical (unpaired) electrons. The molecule has 0 aromatic heterocycles. The van der Waals surface area contributed by atoms with Crippen molar-refractivity contribution in [2.45, 2.75) is 62.9 Å². The van der Waals surface area contributed by atoms with E-state index in [1.807, 2.05) is 84.9 Å². The van der Waals surface area contributed by atoms with E-state index in [2.05, 4.69) is 41.3 Å². The van der Waals surface area contributed by atoms with E-state index in [0.29, 0.717) is 39.6 Å². The van der Waals surface area contributed by atoms with Gasteiger partial charge in [-0.25, -0.2) is 0 Å². The number of aliphatic hydroxyl groups is 1. The van der Waals surface area contributed by atoms with E-state index < -0.39 is 12.2 Å². The second-order valence-electron chi connectivity index (χ2n) is 11.1. The van der Waals surface area contributed by atoms with Crippen LogP contribution in [0.2, 0.25) is 0 Å². The summed E-state index contributed by atoms with van der Waals surface area (Å²) in [6.45, 7) is 2.76. The maximum absolute atomic E-state index is 11.3. The molecule has 2 saturated heterocycles. The molecule has 218 valence electrons. The number of ether oxygens (including phenoxy) is 4. The van der Waals surface area contributed by atoms with E-state index in [1.54, 1.807) is 0 Å². The number of hydrogen-bond donors (Lipinski definition) is 1.